The number of hydrogen-bond donors (Lipinski definition) is 0. The zero-order valence-electron chi connectivity index (χ0n) is 14.6. The Morgan fingerprint density at radius 1 is 1.08 bits per heavy atom. The standard InChI is InChI=1S/C20H18Cl2N4/c1-25(2)18-15(9-6-10-16(18)21)20-24-19(22)17(11-12-23)26(20)13-14-7-4-3-5-8-14/h3-10H,11,13H2,1-2H3. The number of rotatable bonds is 5. The molecule has 0 spiro atoms. The van der Waals surface area contributed by atoms with Gasteiger partial charge in [-0.1, -0.05) is 59.6 Å². The van der Waals surface area contributed by atoms with Crippen LogP contribution in [-0.4, -0.2) is 23.6 Å². The van der Waals surface area contributed by atoms with Crippen LogP contribution in [0.2, 0.25) is 10.2 Å². The molecule has 0 fully saturated rings. The van der Waals surface area contributed by atoms with Crippen molar-refractivity contribution in [1.82, 2.24) is 9.55 Å². The SMILES string of the molecule is CN(C)c1c(Cl)cccc1-c1nc(Cl)c(CC#N)n1Cc1ccccc1. The second kappa shape index (κ2) is 7.82. The number of nitriles is 1. The first-order valence-corrected chi connectivity index (χ1v) is 8.90. The van der Waals surface area contributed by atoms with E-state index in [2.05, 4.69) is 11.1 Å². The van der Waals surface area contributed by atoms with Gasteiger partial charge in [-0.3, -0.25) is 0 Å². The molecule has 132 valence electrons. The summed E-state index contributed by atoms with van der Waals surface area (Å²) in [6.45, 7) is 0.576. The summed E-state index contributed by atoms with van der Waals surface area (Å²) in [5.74, 6) is 0.704. The fourth-order valence-corrected chi connectivity index (χ4v) is 3.58. The third-order valence-electron chi connectivity index (χ3n) is 4.13. The van der Waals surface area contributed by atoms with Crippen molar-refractivity contribution in [2.24, 2.45) is 0 Å². The number of nitrogens with zero attached hydrogens (tertiary/aromatic N) is 4. The normalized spacial score (nSPS) is 10.6. The highest BCUT2D eigenvalue weighted by atomic mass is 35.5. The first kappa shape index (κ1) is 18.3. The molecular weight excluding hydrogens is 367 g/mol. The van der Waals surface area contributed by atoms with Crippen LogP contribution in [0.4, 0.5) is 5.69 Å². The summed E-state index contributed by atoms with van der Waals surface area (Å²) in [5.41, 5.74) is 3.56. The van der Waals surface area contributed by atoms with Gasteiger partial charge in [0.2, 0.25) is 0 Å². The Labute approximate surface area is 163 Å². The molecule has 0 unspecified atom stereocenters. The Hall–Kier alpha value is -2.48. The minimum Gasteiger partial charge on any atom is -0.376 e. The molecule has 1 heterocycles. The molecule has 0 radical (unpaired) electrons. The summed E-state index contributed by atoms with van der Waals surface area (Å²) in [6, 6.07) is 17.9. The van der Waals surface area contributed by atoms with E-state index in [0.717, 1.165) is 16.8 Å². The van der Waals surface area contributed by atoms with Gasteiger partial charge in [0, 0.05) is 26.2 Å². The van der Waals surface area contributed by atoms with Crippen molar-refractivity contribution in [1.29, 1.82) is 5.26 Å². The highest BCUT2D eigenvalue weighted by Gasteiger charge is 2.21. The van der Waals surface area contributed by atoms with Crippen molar-refractivity contribution in [2.75, 3.05) is 19.0 Å². The van der Waals surface area contributed by atoms with E-state index in [-0.39, 0.29) is 6.42 Å². The van der Waals surface area contributed by atoms with Gasteiger partial charge in [-0.25, -0.2) is 4.98 Å². The lowest BCUT2D eigenvalue weighted by molar-refractivity contribution is 0.767. The third kappa shape index (κ3) is 3.55. The highest BCUT2D eigenvalue weighted by Crippen LogP contribution is 2.37. The molecule has 0 aliphatic heterocycles. The molecule has 3 aromatic rings. The van der Waals surface area contributed by atoms with E-state index >= 15 is 0 Å². The zero-order chi connectivity index (χ0) is 18.7. The minimum absolute atomic E-state index is 0.191. The monoisotopic (exact) mass is 384 g/mol. The number of hydrogen-bond acceptors (Lipinski definition) is 3. The Morgan fingerprint density at radius 3 is 2.46 bits per heavy atom. The molecule has 2 aromatic carbocycles. The van der Waals surface area contributed by atoms with Crippen LogP contribution < -0.4 is 4.90 Å². The number of benzene rings is 2. The number of aromatic nitrogens is 2. The Kier molecular flexibility index (Phi) is 5.51. The van der Waals surface area contributed by atoms with Gasteiger partial charge in [-0.2, -0.15) is 5.26 Å². The fraction of sp³-hybridized carbons (Fsp3) is 0.200. The Balaban J connectivity index is 2.21. The smallest absolute Gasteiger partial charge is 0.152 e. The summed E-state index contributed by atoms with van der Waals surface area (Å²) >= 11 is 12.8. The number of anilines is 1. The van der Waals surface area contributed by atoms with Gasteiger partial charge in [0.25, 0.3) is 0 Å². The fourth-order valence-electron chi connectivity index (χ4n) is 2.99. The molecule has 0 saturated carbocycles. The molecule has 3 rings (SSSR count). The molecule has 26 heavy (non-hydrogen) atoms. The van der Waals surface area contributed by atoms with Crippen LogP contribution in [0, 0.1) is 11.3 Å². The molecule has 0 aliphatic carbocycles. The van der Waals surface area contributed by atoms with Crippen molar-refractivity contribution in [3.05, 3.63) is 70.0 Å². The average Bonchev–Trinajstić information content (AvgIpc) is 2.92. The van der Waals surface area contributed by atoms with Crippen LogP contribution in [0.5, 0.6) is 0 Å². The van der Waals surface area contributed by atoms with Gasteiger partial charge in [0.1, 0.15) is 5.82 Å². The van der Waals surface area contributed by atoms with Gasteiger partial charge < -0.3 is 9.47 Å². The van der Waals surface area contributed by atoms with Crippen molar-refractivity contribution < 1.29 is 0 Å². The predicted molar refractivity (Wildman–Crippen MR) is 107 cm³/mol. The molecule has 0 bridgehead atoms. The van der Waals surface area contributed by atoms with Crippen molar-refractivity contribution in [3.8, 4) is 17.5 Å². The molecule has 0 amide bonds. The topological polar surface area (TPSA) is 44.9 Å². The first-order valence-electron chi connectivity index (χ1n) is 8.15. The van der Waals surface area contributed by atoms with E-state index in [4.69, 9.17) is 23.2 Å². The number of para-hydroxylation sites is 1. The van der Waals surface area contributed by atoms with Crippen LogP contribution in [0.3, 0.4) is 0 Å². The van der Waals surface area contributed by atoms with E-state index in [0.29, 0.717) is 28.2 Å². The molecule has 0 saturated heterocycles. The van der Waals surface area contributed by atoms with E-state index in [9.17, 15) is 5.26 Å². The summed E-state index contributed by atoms with van der Waals surface area (Å²) in [5, 5.41) is 10.2. The van der Waals surface area contributed by atoms with E-state index in [1.54, 1.807) is 0 Å². The number of imidazole rings is 1. The predicted octanol–water partition coefficient (Wildman–Crippen LogP) is 5.04. The van der Waals surface area contributed by atoms with Gasteiger partial charge >= 0.3 is 0 Å². The van der Waals surface area contributed by atoms with E-state index < -0.39 is 0 Å². The third-order valence-corrected chi connectivity index (χ3v) is 4.74. The largest absolute Gasteiger partial charge is 0.376 e. The van der Waals surface area contributed by atoms with Gasteiger partial charge in [0.15, 0.2) is 5.15 Å². The maximum atomic E-state index is 9.22. The van der Waals surface area contributed by atoms with Crippen LogP contribution in [-0.2, 0) is 13.0 Å². The lowest BCUT2D eigenvalue weighted by atomic mass is 10.1. The lowest BCUT2D eigenvalue weighted by Crippen LogP contribution is -2.13. The van der Waals surface area contributed by atoms with E-state index in [1.807, 2.05) is 72.1 Å². The van der Waals surface area contributed by atoms with Gasteiger partial charge in [-0.15, -0.1) is 0 Å². The molecular formula is C20H18Cl2N4. The van der Waals surface area contributed by atoms with Crippen molar-refractivity contribution in [2.45, 2.75) is 13.0 Å². The minimum atomic E-state index is 0.191. The second-order valence-corrected chi connectivity index (χ2v) is 6.88. The summed E-state index contributed by atoms with van der Waals surface area (Å²) in [6.07, 6.45) is 0.191. The Morgan fingerprint density at radius 2 is 1.81 bits per heavy atom. The molecule has 4 nitrogen and oxygen atoms in total. The van der Waals surface area contributed by atoms with Crippen LogP contribution in [0.1, 0.15) is 11.3 Å². The molecule has 0 aliphatic rings. The summed E-state index contributed by atoms with van der Waals surface area (Å²) < 4.78 is 2.00. The first-order chi connectivity index (χ1) is 12.5. The molecule has 0 N–H and O–H groups in total. The quantitative estimate of drug-likeness (QED) is 0.618. The van der Waals surface area contributed by atoms with Crippen LogP contribution in [0.25, 0.3) is 11.4 Å². The lowest BCUT2D eigenvalue weighted by Gasteiger charge is -2.20. The average molecular weight is 385 g/mol. The van der Waals surface area contributed by atoms with Gasteiger partial charge in [-0.05, 0) is 17.7 Å². The molecule has 0 atom stereocenters. The van der Waals surface area contributed by atoms with Crippen LogP contribution in [0.15, 0.2) is 48.5 Å². The second-order valence-electron chi connectivity index (χ2n) is 6.11. The Bertz CT molecular complexity index is 956. The van der Waals surface area contributed by atoms with Crippen LogP contribution >= 0.6 is 23.2 Å². The molecule has 1 aromatic heterocycles. The van der Waals surface area contributed by atoms with Crippen molar-refractivity contribution in [3.63, 3.8) is 0 Å². The molecule has 6 heteroatoms. The van der Waals surface area contributed by atoms with Crippen molar-refractivity contribution >= 4 is 28.9 Å². The number of halogens is 2. The maximum absolute atomic E-state index is 9.22. The maximum Gasteiger partial charge on any atom is 0.152 e. The highest BCUT2D eigenvalue weighted by molar-refractivity contribution is 6.34. The zero-order valence-corrected chi connectivity index (χ0v) is 16.1. The summed E-state index contributed by atoms with van der Waals surface area (Å²) in [4.78, 5) is 6.53. The van der Waals surface area contributed by atoms with Gasteiger partial charge in [0.05, 0.1) is 28.9 Å². The summed E-state index contributed by atoms with van der Waals surface area (Å²) in [7, 11) is 3.87. The van der Waals surface area contributed by atoms with E-state index in [1.165, 1.54) is 0 Å².